The summed E-state index contributed by atoms with van der Waals surface area (Å²) in [6.45, 7) is 1.69. The van der Waals surface area contributed by atoms with E-state index in [0.717, 1.165) is 32.2 Å². The molecular formula is C11H14N6O. The van der Waals surface area contributed by atoms with Crippen molar-refractivity contribution in [1.82, 2.24) is 29.6 Å². The van der Waals surface area contributed by atoms with Crippen LogP contribution in [-0.2, 0) is 10.5 Å². The first-order valence-corrected chi connectivity index (χ1v) is 5.94. The van der Waals surface area contributed by atoms with E-state index in [1.54, 1.807) is 23.4 Å². The van der Waals surface area contributed by atoms with Gasteiger partial charge in [-0.15, -0.1) is 0 Å². The van der Waals surface area contributed by atoms with Gasteiger partial charge in [-0.05, 0) is 12.8 Å². The highest BCUT2D eigenvalue weighted by atomic mass is 16.1. The van der Waals surface area contributed by atoms with Crippen LogP contribution in [0.5, 0.6) is 0 Å². The van der Waals surface area contributed by atoms with Gasteiger partial charge in [-0.1, -0.05) is 0 Å². The minimum Gasteiger partial charge on any atom is -0.345 e. The van der Waals surface area contributed by atoms with Crippen molar-refractivity contribution in [1.29, 1.82) is 0 Å². The van der Waals surface area contributed by atoms with E-state index >= 15 is 0 Å². The molecular weight excluding hydrogens is 232 g/mol. The molecule has 1 unspecified atom stereocenters. The molecule has 1 fully saturated rings. The molecule has 0 radical (unpaired) electrons. The molecule has 7 nitrogen and oxygen atoms in total. The van der Waals surface area contributed by atoms with Crippen molar-refractivity contribution in [2.24, 2.45) is 0 Å². The zero-order chi connectivity index (χ0) is 12.4. The molecule has 18 heavy (non-hydrogen) atoms. The van der Waals surface area contributed by atoms with Crippen LogP contribution >= 0.6 is 0 Å². The predicted octanol–water partition coefficient (Wildman–Crippen LogP) is -0.00300. The van der Waals surface area contributed by atoms with Gasteiger partial charge in [0.1, 0.15) is 12.7 Å². The van der Waals surface area contributed by atoms with Crippen molar-refractivity contribution in [3.05, 3.63) is 30.9 Å². The van der Waals surface area contributed by atoms with Crippen LogP contribution in [-0.4, -0.2) is 49.0 Å². The lowest BCUT2D eigenvalue weighted by Gasteiger charge is -2.35. The van der Waals surface area contributed by atoms with Gasteiger partial charge < -0.3 is 4.98 Å². The highest BCUT2D eigenvalue weighted by Crippen LogP contribution is 2.28. The summed E-state index contributed by atoms with van der Waals surface area (Å²) in [6, 6.07) is 0. The molecule has 3 rings (SSSR count). The fraction of sp³-hybridized carbons (Fsp3) is 0.455. The Hall–Kier alpha value is -2.02. The summed E-state index contributed by atoms with van der Waals surface area (Å²) < 4.78 is 1.56. The van der Waals surface area contributed by atoms with Crippen molar-refractivity contribution < 1.29 is 4.79 Å². The molecule has 1 N–H and O–H groups in total. The zero-order valence-corrected chi connectivity index (χ0v) is 9.86. The largest absolute Gasteiger partial charge is 0.345 e. The number of imidazole rings is 1. The number of rotatable bonds is 4. The fourth-order valence-corrected chi connectivity index (χ4v) is 2.50. The van der Waals surface area contributed by atoms with Crippen LogP contribution in [0.25, 0.3) is 0 Å². The third-order valence-corrected chi connectivity index (χ3v) is 3.37. The number of aromatic nitrogens is 5. The van der Waals surface area contributed by atoms with E-state index in [-0.39, 0.29) is 0 Å². The van der Waals surface area contributed by atoms with Crippen molar-refractivity contribution in [2.75, 3.05) is 13.1 Å². The predicted molar refractivity (Wildman–Crippen MR) is 62.6 cm³/mol. The fourth-order valence-electron chi connectivity index (χ4n) is 2.50. The van der Waals surface area contributed by atoms with Crippen molar-refractivity contribution in [3.8, 4) is 0 Å². The number of hydrogen-bond acceptors (Lipinski definition) is 5. The van der Waals surface area contributed by atoms with Crippen LogP contribution < -0.4 is 0 Å². The van der Waals surface area contributed by atoms with Crippen LogP contribution in [0.2, 0.25) is 0 Å². The summed E-state index contributed by atoms with van der Waals surface area (Å²) in [5.41, 5.74) is -1.00. The van der Waals surface area contributed by atoms with Gasteiger partial charge in [-0.3, -0.25) is 9.69 Å². The number of hydrogen-bond donors (Lipinski definition) is 1. The van der Waals surface area contributed by atoms with Crippen molar-refractivity contribution in [2.45, 2.75) is 18.5 Å². The summed E-state index contributed by atoms with van der Waals surface area (Å²) in [5, 5.41) is 4.13. The number of aldehydes is 1. The van der Waals surface area contributed by atoms with Crippen LogP contribution in [0.4, 0.5) is 0 Å². The topological polar surface area (TPSA) is 79.7 Å². The van der Waals surface area contributed by atoms with Crippen LogP contribution in [0.3, 0.4) is 0 Å². The third kappa shape index (κ3) is 1.47. The van der Waals surface area contributed by atoms with E-state index < -0.39 is 5.66 Å². The highest BCUT2D eigenvalue weighted by molar-refractivity contribution is 5.65. The second-order valence-electron chi connectivity index (χ2n) is 4.32. The molecule has 2 aromatic heterocycles. The standard InChI is InChI=1S/C11H14N6O/c18-7-11(10-13-3-4-14-10,16-5-1-2-6-16)17-9-12-8-15-17/h3-4,7-9H,1-2,5-6H2,(H,13,14). The Bertz CT molecular complexity index is 465. The lowest BCUT2D eigenvalue weighted by Crippen LogP contribution is -2.52. The zero-order valence-electron chi connectivity index (χ0n) is 9.86. The molecule has 0 aliphatic carbocycles. The molecule has 0 aromatic carbocycles. The number of nitrogens with zero attached hydrogens (tertiary/aromatic N) is 5. The number of likely N-dealkylation sites (tertiary alicyclic amines) is 1. The van der Waals surface area contributed by atoms with E-state index in [4.69, 9.17) is 0 Å². The normalized spacial score (nSPS) is 19.8. The van der Waals surface area contributed by atoms with Gasteiger partial charge in [0.25, 0.3) is 0 Å². The summed E-state index contributed by atoms with van der Waals surface area (Å²) in [6.07, 6.45) is 9.36. The van der Waals surface area contributed by atoms with Crippen LogP contribution in [0.1, 0.15) is 18.7 Å². The minimum absolute atomic E-state index is 0.574. The maximum absolute atomic E-state index is 11.8. The first-order valence-electron chi connectivity index (χ1n) is 5.94. The summed E-state index contributed by atoms with van der Waals surface area (Å²) in [4.78, 5) is 25.1. The van der Waals surface area contributed by atoms with E-state index in [0.29, 0.717) is 5.82 Å². The molecule has 1 aliphatic rings. The van der Waals surface area contributed by atoms with Gasteiger partial charge in [0, 0.05) is 25.5 Å². The lowest BCUT2D eigenvalue weighted by atomic mass is 10.1. The van der Waals surface area contributed by atoms with Gasteiger partial charge in [-0.2, -0.15) is 5.10 Å². The van der Waals surface area contributed by atoms with E-state index in [1.165, 1.54) is 6.33 Å². The monoisotopic (exact) mass is 246 g/mol. The lowest BCUT2D eigenvalue weighted by molar-refractivity contribution is -0.122. The highest BCUT2D eigenvalue weighted by Gasteiger charge is 2.44. The molecule has 1 saturated heterocycles. The molecule has 94 valence electrons. The summed E-state index contributed by atoms with van der Waals surface area (Å²) in [7, 11) is 0. The van der Waals surface area contributed by atoms with E-state index in [1.807, 2.05) is 0 Å². The Morgan fingerprint density at radius 3 is 2.78 bits per heavy atom. The van der Waals surface area contributed by atoms with E-state index in [2.05, 4.69) is 25.0 Å². The second-order valence-corrected chi connectivity index (χ2v) is 4.32. The number of H-pyrrole nitrogens is 1. The molecule has 1 atom stereocenters. The molecule has 0 amide bonds. The summed E-state index contributed by atoms with van der Waals surface area (Å²) >= 11 is 0. The van der Waals surface area contributed by atoms with Crippen molar-refractivity contribution >= 4 is 6.29 Å². The molecule has 0 saturated carbocycles. The molecule has 0 bridgehead atoms. The Balaban J connectivity index is 2.14. The maximum atomic E-state index is 11.8. The first-order chi connectivity index (χ1) is 8.88. The summed E-state index contributed by atoms with van der Waals surface area (Å²) in [5.74, 6) is 0.574. The molecule has 1 aliphatic heterocycles. The van der Waals surface area contributed by atoms with Gasteiger partial charge in [0.2, 0.25) is 5.66 Å². The second kappa shape index (κ2) is 4.34. The molecule has 0 spiro atoms. The van der Waals surface area contributed by atoms with Crippen molar-refractivity contribution in [3.63, 3.8) is 0 Å². The quantitative estimate of drug-likeness (QED) is 0.768. The van der Waals surface area contributed by atoms with Gasteiger partial charge >= 0.3 is 0 Å². The minimum atomic E-state index is -1.00. The molecule has 2 aromatic rings. The van der Waals surface area contributed by atoms with Crippen LogP contribution in [0.15, 0.2) is 25.0 Å². The average Bonchev–Trinajstić information content (AvgIpc) is 3.16. The van der Waals surface area contributed by atoms with Crippen LogP contribution in [0, 0.1) is 0 Å². The number of nitrogens with one attached hydrogen (secondary N) is 1. The smallest absolute Gasteiger partial charge is 0.230 e. The maximum Gasteiger partial charge on any atom is 0.230 e. The number of carbonyl (C=O) groups is 1. The molecule has 3 heterocycles. The Labute approximate surface area is 104 Å². The Kier molecular flexibility index (Phi) is 2.67. The third-order valence-electron chi connectivity index (χ3n) is 3.37. The Morgan fingerprint density at radius 2 is 2.22 bits per heavy atom. The Morgan fingerprint density at radius 1 is 1.39 bits per heavy atom. The SMILES string of the molecule is O=CC(c1ncc[nH]1)(N1CCCC1)n1cncn1. The average molecular weight is 246 g/mol. The van der Waals surface area contributed by atoms with Gasteiger partial charge in [-0.25, -0.2) is 14.6 Å². The molecule has 7 heteroatoms. The number of carbonyl (C=O) groups excluding carboxylic acids is 1. The number of aromatic amines is 1. The van der Waals surface area contributed by atoms with Gasteiger partial charge in [0.05, 0.1) is 0 Å². The van der Waals surface area contributed by atoms with Gasteiger partial charge in [0.15, 0.2) is 12.1 Å². The first kappa shape index (κ1) is 11.1. The van der Waals surface area contributed by atoms with E-state index in [9.17, 15) is 4.79 Å².